The third-order valence-corrected chi connectivity index (χ3v) is 6.03. The molecule has 0 bridgehead atoms. The molecule has 0 radical (unpaired) electrons. The van der Waals surface area contributed by atoms with Crippen LogP contribution in [0.15, 0.2) is 12.3 Å². The highest BCUT2D eigenvalue weighted by Crippen LogP contribution is 2.22. The minimum Gasteiger partial charge on any atom is -0.499 e. The summed E-state index contributed by atoms with van der Waals surface area (Å²) >= 11 is 0. The number of unbranched alkanes of at least 4 members (excludes halogenated alkanes) is 12. The zero-order valence-corrected chi connectivity index (χ0v) is 20.4. The van der Waals surface area contributed by atoms with E-state index >= 15 is 0 Å². The van der Waals surface area contributed by atoms with E-state index in [0.717, 1.165) is 12.8 Å². The molecule has 1 saturated heterocycles. The summed E-state index contributed by atoms with van der Waals surface area (Å²) in [6, 6.07) is 0. The Morgan fingerprint density at radius 3 is 1.97 bits per heavy atom. The number of aliphatic hydroxyl groups is 5. The van der Waals surface area contributed by atoms with Crippen molar-refractivity contribution in [3.05, 3.63) is 12.3 Å². The van der Waals surface area contributed by atoms with E-state index in [1.54, 1.807) is 6.26 Å². The van der Waals surface area contributed by atoms with Crippen molar-refractivity contribution < 1.29 is 39.7 Å². The van der Waals surface area contributed by atoms with Crippen LogP contribution >= 0.6 is 0 Å². The number of rotatable bonds is 20. The Bertz CT molecular complexity index is 475. The second-order valence-corrected chi connectivity index (χ2v) is 9.06. The van der Waals surface area contributed by atoms with Gasteiger partial charge in [0.1, 0.15) is 37.1 Å². The predicted molar refractivity (Wildman–Crippen MR) is 127 cm³/mol. The quantitative estimate of drug-likeness (QED) is 0.134. The Morgan fingerprint density at radius 1 is 0.818 bits per heavy atom. The highest BCUT2D eigenvalue weighted by Gasteiger charge is 2.44. The van der Waals surface area contributed by atoms with E-state index in [1.165, 1.54) is 70.6 Å². The predicted octanol–water partition coefficient (Wildman–Crippen LogP) is 2.79. The van der Waals surface area contributed by atoms with Gasteiger partial charge < -0.3 is 39.7 Å². The van der Waals surface area contributed by atoms with E-state index in [9.17, 15) is 20.4 Å². The third kappa shape index (κ3) is 13.7. The molecular formula is C25H48O8. The zero-order valence-electron chi connectivity index (χ0n) is 20.4. The fraction of sp³-hybridized carbons (Fsp3) is 0.920. The van der Waals surface area contributed by atoms with Gasteiger partial charge in [-0.1, -0.05) is 77.6 Å². The molecule has 0 aromatic rings. The molecule has 0 aromatic carbocycles. The summed E-state index contributed by atoms with van der Waals surface area (Å²) in [7, 11) is 0. The van der Waals surface area contributed by atoms with Gasteiger partial charge in [-0.2, -0.15) is 0 Å². The molecule has 6 atom stereocenters. The van der Waals surface area contributed by atoms with E-state index in [2.05, 4.69) is 6.92 Å². The molecule has 0 spiro atoms. The summed E-state index contributed by atoms with van der Waals surface area (Å²) in [5.74, 6) is 0. The first kappa shape index (κ1) is 30.3. The van der Waals surface area contributed by atoms with Gasteiger partial charge in [-0.3, -0.25) is 0 Å². The fourth-order valence-corrected chi connectivity index (χ4v) is 3.93. The molecular weight excluding hydrogens is 428 g/mol. The van der Waals surface area contributed by atoms with Gasteiger partial charge in [-0.15, -0.1) is 0 Å². The molecule has 0 saturated carbocycles. The topological polar surface area (TPSA) is 129 Å². The van der Waals surface area contributed by atoms with Gasteiger partial charge in [0.25, 0.3) is 0 Å². The van der Waals surface area contributed by atoms with E-state index in [-0.39, 0.29) is 13.2 Å². The summed E-state index contributed by atoms with van der Waals surface area (Å²) in [4.78, 5) is 0. The number of allylic oxidation sites excluding steroid dienone is 1. The highest BCUT2D eigenvalue weighted by atomic mass is 16.7. The number of aliphatic hydroxyl groups excluding tert-OH is 5. The molecule has 1 aliphatic heterocycles. The standard InChI is InChI=1S/C25H48O8/c1-2-3-4-5-6-7-8-9-10-11-12-13-14-15-16-31-18-20(27)19-32-24-23(29)22(28)21(17-26)33-25(24)30/h15-16,20-30H,2-14,17-19H2,1H3/b16-15+/t20?,21-,22+,23+,24-,25-/m1/s1. The number of hydrogen-bond donors (Lipinski definition) is 5. The molecule has 196 valence electrons. The molecule has 33 heavy (non-hydrogen) atoms. The van der Waals surface area contributed by atoms with Crippen molar-refractivity contribution in [3.8, 4) is 0 Å². The summed E-state index contributed by atoms with van der Waals surface area (Å²) in [5.41, 5.74) is 0. The molecule has 1 unspecified atom stereocenters. The van der Waals surface area contributed by atoms with Gasteiger partial charge >= 0.3 is 0 Å². The maximum absolute atomic E-state index is 10.00. The second kappa shape index (κ2) is 19.6. The Balaban J connectivity index is 1.96. The largest absolute Gasteiger partial charge is 0.499 e. The fourth-order valence-electron chi connectivity index (χ4n) is 3.93. The Morgan fingerprint density at radius 2 is 1.39 bits per heavy atom. The van der Waals surface area contributed by atoms with Crippen LogP contribution in [0.25, 0.3) is 0 Å². The first-order valence-corrected chi connectivity index (χ1v) is 12.9. The maximum atomic E-state index is 10.00. The van der Waals surface area contributed by atoms with Crippen LogP contribution < -0.4 is 0 Å². The average molecular weight is 477 g/mol. The van der Waals surface area contributed by atoms with Crippen LogP contribution in [-0.4, -0.2) is 82.2 Å². The van der Waals surface area contributed by atoms with Crippen molar-refractivity contribution in [2.24, 2.45) is 0 Å². The van der Waals surface area contributed by atoms with Crippen LogP contribution in [0.2, 0.25) is 0 Å². The first-order valence-electron chi connectivity index (χ1n) is 12.9. The zero-order chi connectivity index (χ0) is 24.3. The number of ether oxygens (including phenoxy) is 3. The summed E-state index contributed by atoms with van der Waals surface area (Å²) in [6.45, 7) is 1.52. The molecule has 8 heteroatoms. The molecule has 8 nitrogen and oxygen atoms in total. The summed E-state index contributed by atoms with van der Waals surface area (Å²) < 4.78 is 15.6. The minimum atomic E-state index is -1.51. The molecule has 1 aliphatic rings. The van der Waals surface area contributed by atoms with Crippen LogP contribution in [0.5, 0.6) is 0 Å². The van der Waals surface area contributed by atoms with Crippen LogP contribution in [0.3, 0.4) is 0 Å². The van der Waals surface area contributed by atoms with E-state index in [1.807, 2.05) is 6.08 Å². The van der Waals surface area contributed by atoms with Crippen LogP contribution in [0, 0.1) is 0 Å². The van der Waals surface area contributed by atoms with E-state index in [0.29, 0.717) is 0 Å². The lowest BCUT2D eigenvalue weighted by molar-refractivity contribution is -0.299. The lowest BCUT2D eigenvalue weighted by Crippen LogP contribution is -2.59. The first-order chi connectivity index (χ1) is 16.0. The van der Waals surface area contributed by atoms with Crippen LogP contribution in [0.1, 0.15) is 90.4 Å². The van der Waals surface area contributed by atoms with Gasteiger partial charge in [-0.25, -0.2) is 0 Å². The molecule has 5 N–H and O–H groups in total. The van der Waals surface area contributed by atoms with Crippen molar-refractivity contribution >= 4 is 0 Å². The van der Waals surface area contributed by atoms with E-state index in [4.69, 9.17) is 19.3 Å². The van der Waals surface area contributed by atoms with Gasteiger partial charge in [0.2, 0.25) is 0 Å². The maximum Gasteiger partial charge on any atom is 0.184 e. The molecule has 0 aliphatic carbocycles. The lowest BCUT2D eigenvalue weighted by Gasteiger charge is -2.39. The Hall–Kier alpha value is -0.740. The molecule has 0 amide bonds. The van der Waals surface area contributed by atoms with E-state index < -0.39 is 43.4 Å². The van der Waals surface area contributed by atoms with Crippen molar-refractivity contribution in [1.82, 2.24) is 0 Å². The van der Waals surface area contributed by atoms with Crippen molar-refractivity contribution in [2.45, 2.75) is 127 Å². The second-order valence-electron chi connectivity index (χ2n) is 9.06. The number of hydrogen-bond acceptors (Lipinski definition) is 8. The smallest absolute Gasteiger partial charge is 0.184 e. The lowest BCUT2D eigenvalue weighted by atomic mass is 9.99. The molecule has 1 rings (SSSR count). The van der Waals surface area contributed by atoms with Gasteiger partial charge in [0, 0.05) is 0 Å². The normalized spacial score (nSPS) is 26.7. The van der Waals surface area contributed by atoms with Crippen molar-refractivity contribution in [2.75, 3.05) is 19.8 Å². The summed E-state index contributed by atoms with van der Waals surface area (Å²) in [6.07, 6.45) is 12.7. The average Bonchev–Trinajstić information content (AvgIpc) is 2.81. The monoisotopic (exact) mass is 476 g/mol. The summed E-state index contributed by atoms with van der Waals surface area (Å²) in [5, 5.41) is 48.7. The van der Waals surface area contributed by atoms with Crippen LogP contribution in [0.4, 0.5) is 0 Å². The minimum absolute atomic E-state index is 0.0104. The molecule has 1 heterocycles. The Kier molecular flexibility index (Phi) is 17.9. The van der Waals surface area contributed by atoms with Crippen molar-refractivity contribution in [3.63, 3.8) is 0 Å². The van der Waals surface area contributed by atoms with Gasteiger partial charge in [0.05, 0.1) is 19.5 Å². The molecule has 0 aromatic heterocycles. The highest BCUT2D eigenvalue weighted by molar-refractivity contribution is 4.89. The molecule has 1 fully saturated rings. The van der Waals surface area contributed by atoms with Crippen molar-refractivity contribution in [1.29, 1.82) is 0 Å². The van der Waals surface area contributed by atoms with Crippen LogP contribution in [-0.2, 0) is 14.2 Å². The third-order valence-electron chi connectivity index (χ3n) is 6.03. The van der Waals surface area contributed by atoms with Gasteiger partial charge in [-0.05, 0) is 18.9 Å². The van der Waals surface area contributed by atoms with Gasteiger partial charge in [0.15, 0.2) is 6.29 Å². The Labute approximate surface area is 199 Å². The SMILES string of the molecule is CCCCCCCCCCCCCC/C=C/OCC(O)CO[C@@H]1[C@@H](O)[C@@H](O)[C@@H](CO)O[C@H]1O.